The number of hydrogen-bond acceptors (Lipinski definition) is 5. The minimum absolute atomic E-state index is 0.0988. The van der Waals surface area contributed by atoms with E-state index in [1.165, 1.54) is 12.4 Å². The average molecular weight is 287 g/mol. The first-order valence-electron chi connectivity index (χ1n) is 6.12. The van der Waals surface area contributed by atoms with E-state index in [0.717, 1.165) is 5.56 Å². The fraction of sp³-hybridized carbons (Fsp3) is 0.143. The van der Waals surface area contributed by atoms with Crippen molar-refractivity contribution in [2.75, 3.05) is 11.9 Å². The molecule has 7 nitrogen and oxygen atoms in total. The van der Waals surface area contributed by atoms with Gasteiger partial charge in [-0.15, -0.1) is 0 Å². The summed E-state index contributed by atoms with van der Waals surface area (Å²) in [6.07, 6.45) is 2.54. The third-order valence-corrected chi connectivity index (χ3v) is 2.50. The highest BCUT2D eigenvalue weighted by Crippen LogP contribution is 2.08. The molecule has 0 saturated carbocycles. The lowest BCUT2D eigenvalue weighted by Gasteiger charge is -2.07. The highest BCUT2D eigenvalue weighted by molar-refractivity contribution is 5.98. The molecule has 0 radical (unpaired) electrons. The van der Waals surface area contributed by atoms with Gasteiger partial charge in [-0.3, -0.25) is 4.79 Å². The predicted octanol–water partition coefficient (Wildman–Crippen LogP) is 1.33. The number of carboxylic acids is 1. The molecular weight excluding hydrogens is 274 g/mol. The van der Waals surface area contributed by atoms with Crippen molar-refractivity contribution in [2.24, 2.45) is 0 Å². The average Bonchev–Trinajstić information content (AvgIpc) is 2.48. The molecule has 2 N–H and O–H groups in total. The van der Waals surface area contributed by atoms with E-state index in [9.17, 15) is 9.59 Å². The Morgan fingerprint density at radius 3 is 2.57 bits per heavy atom. The Morgan fingerprint density at radius 1 is 1.14 bits per heavy atom. The molecule has 0 bridgehead atoms. The van der Waals surface area contributed by atoms with Gasteiger partial charge in [-0.2, -0.15) is 0 Å². The number of anilines is 1. The van der Waals surface area contributed by atoms with Gasteiger partial charge in [0.25, 0.3) is 5.91 Å². The molecule has 0 aliphatic heterocycles. The lowest BCUT2D eigenvalue weighted by atomic mass is 10.2. The Kier molecular flexibility index (Phi) is 4.94. The van der Waals surface area contributed by atoms with Crippen LogP contribution in [0.15, 0.2) is 42.7 Å². The van der Waals surface area contributed by atoms with Crippen molar-refractivity contribution in [3.05, 3.63) is 54.0 Å². The Labute approximate surface area is 120 Å². The molecule has 0 aliphatic carbocycles. The summed E-state index contributed by atoms with van der Waals surface area (Å²) in [5.74, 6) is -1.85. The van der Waals surface area contributed by atoms with Crippen molar-refractivity contribution in [3.63, 3.8) is 0 Å². The van der Waals surface area contributed by atoms with Gasteiger partial charge >= 0.3 is 5.97 Å². The van der Waals surface area contributed by atoms with Crippen LogP contribution >= 0.6 is 0 Å². The number of aromatic nitrogens is 2. The third-order valence-electron chi connectivity index (χ3n) is 2.50. The smallest absolute Gasteiger partial charge is 0.358 e. The van der Waals surface area contributed by atoms with Gasteiger partial charge in [-0.05, 0) is 5.56 Å². The summed E-state index contributed by atoms with van der Waals surface area (Å²) in [5, 5.41) is 11.3. The van der Waals surface area contributed by atoms with Gasteiger partial charge in [0.15, 0.2) is 11.5 Å². The van der Waals surface area contributed by atoms with E-state index in [0.29, 0.717) is 6.61 Å². The van der Waals surface area contributed by atoms with E-state index in [1.54, 1.807) is 0 Å². The van der Waals surface area contributed by atoms with Crippen LogP contribution in [0.4, 0.5) is 5.82 Å². The molecule has 0 aliphatic rings. The van der Waals surface area contributed by atoms with E-state index in [1.807, 2.05) is 30.3 Å². The summed E-state index contributed by atoms with van der Waals surface area (Å²) in [6, 6.07) is 9.39. The molecule has 2 aromatic rings. The highest BCUT2D eigenvalue weighted by atomic mass is 16.5. The largest absolute Gasteiger partial charge is 0.476 e. The lowest BCUT2D eigenvalue weighted by molar-refractivity contribution is -0.121. The zero-order valence-corrected chi connectivity index (χ0v) is 11.0. The maximum absolute atomic E-state index is 11.7. The number of carbonyl (C=O) groups is 2. The van der Waals surface area contributed by atoms with Crippen molar-refractivity contribution in [1.29, 1.82) is 0 Å². The fourth-order valence-electron chi connectivity index (χ4n) is 1.59. The topological polar surface area (TPSA) is 101 Å². The van der Waals surface area contributed by atoms with Crippen LogP contribution < -0.4 is 5.32 Å². The van der Waals surface area contributed by atoms with Crippen molar-refractivity contribution in [1.82, 2.24) is 9.97 Å². The van der Waals surface area contributed by atoms with Gasteiger partial charge in [0.2, 0.25) is 0 Å². The maximum atomic E-state index is 11.7. The molecule has 0 unspecified atom stereocenters. The number of amides is 1. The lowest BCUT2D eigenvalue weighted by Crippen LogP contribution is -2.21. The highest BCUT2D eigenvalue weighted by Gasteiger charge is 2.14. The van der Waals surface area contributed by atoms with Crippen LogP contribution in [-0.4, -0.2) is 33.6 Å². The molecule has 0 fully saturated rings. The number of carboxylic acid groups (broad SMARTS) is 1. The van der Waals surface area contributed by atoms with Gasteiger partial charge in [0, 0.05) is 12.4 Å². The van der Waals surface area contributed by atoms with Gasteiger partial charge in [0.05, 0.1) is 6.61 Å². The number of carbonyl (C=O) groups excluding carboxylic acids is 1. The van der Waals surface area contributed by atoms with Crippen LogP contribution in [0.1, 0.15) is 16.1 Å². The molecule has 1 aromatic heterocycles. The summed E-state index contributed by atoms with van der Waals surface area (Å²) in [7, 11) is 0. The number of benzene rings is 1. The monoisotopic (exact) mass is 287 g/mol. The number of hydrogen-bond donors (Lipinski definition) is 2. The van der Waals surface area contributed by atoms with Crippen molar-refractivity contribution in [2.45, 2.75) is 6.61 Å². The van der Waals surface area contributed by atoms with Crippen LogP contribution in [0, 0.1) is 0 Å². The number of ether oxygens (including phenoxy) is 1. The Hall–Kier alpha value is -2.80. The summed E-state index contributed by atoms with van der Waals surface area (Å²) in [4.78, 5) is 30.0. The summed E-state index contributed by atoms with van der Waals surface area (Å²) in [6.45, 7) is 0.0883. The number of nitrogens with one attached hydrogen (secondary N) is 1. The predicted molar refractivity (Wildman–Crippen MR) is 73.7 cm³/mol. The zero-order valence-electron chi connectivity index (χ0n) is 11.0. The Bertz CT molecular complexity index is 631. The normalized spacial score (nSPS) is 10.1. The molecule has 0 spiro atoms. The van der Waals surface area contributed by atoms with Gasteiger partial charge in [0.1, 0.15) is 6.61 Å². The SMILES string of the molecule is O=C(COCc1ccccc1)Nc1nccnc1C(=O)O. The van der Waals surface area contributed by atoms with Crippen LogP contribution in [0.5, 0.6) is 0 Å². The number of nitrogens with zero attached hydrogens (tertiary/aromatic N) is 2. The first-order chi connectivity index (χ1) is 10.2. The van der Waals surface area contributed by atoms with E-state index >= 15 is 0 Å². The number of aromatic carboxylic acids is 1. The molecule has 2 rings (SSSR count). The molecule has 108 valence electrons. The minimum atomic E-state index is -1.26. The molecule has 21 heavy (non-hydrogen) atoms. The third kappa shape index (κ3) is 4.36. The molecule has 1 amide bonds. The molecule has 0 saturated heterocycles. The van der Waals surface area contributed by atoms with E-state index in [4.69, 9.17) is 9.84 Å². The Balaban J connectivity index is 1.86. The van der Waals surface area contributed by atoms with E-state index in [-0.39, 0.29) is 18.1 Å². The quantitative estimate of drug-likeness (QED) is 0.831. The summed E-state index contributed by atoms with van der Waals surface area (Å²) >= 11 is 0. The van der Waals surface area contributed by atoms with Crippen LogP contribution in [0.25, 0.3) is 0 Å². The molecule has 0 atom stereocenters. The zero-order chi connectivity index (χ0) is 15.1. The van der Waals surface area contributed by atoms with E-state index < -0.39 is 11.9 Å². The minimum Gasteiger partial charge on any atom is -0.476 e. The van der Waals surface area contributed by atoms with Gasteiger partial charge < -0.3 is 15.2 Å². The molecule has 1 aromatic carbocycles. The second-order valence-corrected chi connectivity index (χ2v) is 4.09. The van der Waals surface area contributed by atoms with E-state index in [2.05, 4.69) is 15.3 Å². The first kappa shape index (κ1) is 14.6. The second kappa shape index (κ2) is 7.11. The fourth-order valence-corrected chi connectivity index (χ4v) is 1.59. The van der Waals surface area contributed by atoms with Gasteiger partial charge in [-0.1, -0.05) is 30.3 Å². The van der Waals surface area contributed by atoms with Crippen LogP contribution in [0.2, 0.25) is 0 Å². The van der Waals surface area contributed by atoms with Crippen LogP contribution in [-0.2, 0) is 16.1 Å². The maximum Gasteiger partial charge on any atom is 0.358 e. The van der Waals surface area contributed by atoms with Crippen molar-refractivity contribution >= 4 is 17.7 Å². The molecular formula is C14H13N3O4. The van der Waals surface area contributed by atoms with Crippen LogP contribution in [0.3, 0.4) is 0 Å². The van der Waals surface area contributed by atoms with Crippen molar-refractivity contribution in [3.8, 4) is 0 Å². The van der Waals surface area contributed by atoms with Gasteiger partial charge in [-0.25, -0.2) is 14.8 Å². The summed E-state index contributed by atoms with van der Waals surface area (Å²) in [5.41, 5.74) is 0.630. The second-order valence-electron chi connectivity index (χ2n) is 4.09. The first-order valence-corrected chi connectivity index (χ1v) is 6.12. The molecule has 7 heteroatoms. The van der Waals surface area contributed by atoms with Crippen molar-refractivity contribution < 1.29 is 19.4 Å². The Morgan fingerprint density at radius 2 is 1.86 bits per heavy atom. The standard InChI is InChI=1S/C14H13N3O4/c18-11(9-21-8-10-4-2-1-3-5-10)17-13-12(14(19)20)15-6-7-16-13/h1-7H,8-9H2,(H,19,20)(H,16,17,18). The summed E-state index contributed by atoms with van der Waals surface area (Å²) < 4.78 is 5.25. The number of rotatable bonds is 6. The molecule has 1 heterocycles.